The molecule has 0 aliphatic heterocycles. The van der Waals surface area contributed by atoms with Crippen molar-refractivity contribution in [2.24, 2.45) is 17.8 Å². The maximum atomic E-state index is 13.1. The van der Waals surface area contributed by atoms with E-state index in [4.69, 9.17) is 0 Å². The number of allylic oxidation sites excluding steroid dienone is 2. The Morgan fingerprint density at radius 2 is 1.38 bits per heavy atom. The van der Waals surface area contributed by atoms with Crippen molar-refractivity contribution in [1.82, 2.24) is 0 Å². The van der Waals surface area contributed by atoms with E-state index in [9.17, 15) is 4.39 Å². The topological polar surface area (TPSA) is 0 Å². The molecule has 0 radical (unpaired) electrons. The van der Waals surface area contributed by atoms with Crippen molar-refractivity contribution in [1.29, 1.82) is 0 Å². The maximum Gasteiger partial charge on any atom is 0.123 e. The van der Waals surface area contributed by atoms with E-state index in [0.717, 1.165) is 17.8 Å². The van der Waals surface area contributed by atoms with Crippen molar-refractivity contribution in [3.63, 3.8) is 0 Å². The first-order chi connectivity index (χ1) is 12.7. The van der Waals surface area contributed by atoms with Gasteiger partial charge in [-0.05, 0) is 92.7 Å². The molecule has 0 nitrogen and oxygen atoms in total. The second-order valence-electron chi connectivity index (χ2n) is 8.82. The minimum absolute atomic E-state index is 0.120. The van der Waals surface area contributed by atoms with Crippen molar-refractivity contribution in [3.05, 3.63) is 47.8 Å². The Kier molecular flexibility index (Phi) is 7.77. The van der Waals surface area contributed by atoms with Crippen LogP contribution in [0, 0.1) is 23.6 Å². The number of hydrogen-bond donors (Lipinski definition) is 0. The Labute approximate surface area is 160 Å². The summed E-state index contributed by atoms with van der Waals surface area (Å²) in [6.07, 6.45) is 21.6. The van der Waals surface area contributed by atoms with Gasteiger partial charge in [-0.25, -0.2) is 4.39 Å². The van der Waals surface area contributed by atoms with E-state index < -0.39 is 0 Å². The zero-order chi connectivity index (χ0) is 18.2. The van der Waals surface area contributed by atoms with Crippen LogP contribution in [0.4, 0.5) is 4.39 Å². The van der Waals surface area contributed by atoms with E-state index >= 15 is 0 Å². The Hall–Kier alpha value is -1.11. The molecule has 2 aliphatic rings. The minimum Gasteiger partial charge on any atom is -0.207 e. The van der Waals surface area contributed by atoms with Crippen molar-refractivity contribution < 1.29 is 4.39 Å². The van der Waals surface area contributed by atoms with E-state index in [1.165, 1.54) is 82.6 Å². The molecule has 2 fully saturated rings. The first kappa shape index (κ1) is 19.6. The zero-order valence-corrected chi connectivity index (χ0v) is 16.6. The van der Waals surface area contributed by atoms with Crippen LogP contribution in [0.25, 0.3) is 0 Å². The van der Waals surface area contributed by atoms with Crippen LogP contribution in [0.2, 0.25) is 0 Å². The van der Waals surface area contributed by atoms with Crippen LogP contribution in [0.1, 0.15) is 95.5 Å². The van der Waals surface area contributed by atoms with E-state index in [-0.39, 0.29) is 5.82 Å². The number of benzene rings is 1. The highest BCUT2D eigenvalue weighted by molar-refractivity contribution is 5.21. The predicted octanol–water partition coefficient (Wildman–Crippen LogP) is 8.04. The van der Waals surface area contributed by atoms with Crippen LogP contribution in [0.5, 0.6) is 0 Å². The second-order valence-corrected chi connectivity index (χ2v) is 8.82. The number of rotatable bonds is 7. The fourth-order valence-electron chi connectivity index (χ4n) is 5.05. The first-order valence-electron chi connectivity index (χ1n) is 11.2. The van der Waals surface area contributed by atoms with Crippen LogP contribution in [0.15, 0.2) is 36.4 Å². The van der Waals surface area contributed by atoms with Crippen LogP contribution in [-0.4, -0.2) is 0 Å². The lowest BCUT2D eigenvalue weighted by molar-refractivity contribution is 0.288. The summed E-state index contributed by atoms with van der Waals surface area (Å²) >= 11 is 0. The van der Waals surface area contributed by atoms with Crippen LogP contribution < -0.4 is 0 Å². The molecule has 0 unspecified atom stereocenters. The average molecular weight is 357 g/mol. The third kappa shape index (κ3) is 5.96. The molecule has 0 bridgehead atoms. The van der Waals surface area contributed by atoms with Gasteiger partial charge in [-0.15, -0.1) is 0 Å². The standard InChI is InChI=1S/C25H37F/c1-2-3-4-5-20-6-8-21(9-7-20)10-11-22-12-14-23(15-13-22)24-16-18-25(26)19-17-24/h10-11,16-23H,2-9,12-15H2,1H3/b11-10+/t20-,21-,22-,23-. The lowest BCUT2D eigenvalue weighted by atomic mass is 9.77. The maximum absolute atomic E-state index is 13.1. The van der Waals surface area contributed by atoms with E-state index in [1.54, 1.807) is 12.1 Å². The molecule has 26 heavy (non-hydrogen) atoms. The minimum atomic E-state index is -0.120. The highest BCUT2D eigenvalue weighted by Crippen LogP contribution is 2.37. The molecular formula is C25H37F. The summed E-state index contributed by atoms with van der Waals surface area (Å²) < 4.78 is 13.1. The molecule has 0 spiro atoms. The van der Waals surface area contributed by atoms with E-state index in [1.807, 2.05) is 12.1 Å². The zero-order valence-electron chi connectivity index (χ0n) is 16.6. The second kappa shape index (κ2) is 10.3. The average Bonchev–Trinajstić information content (AvgIpc) is 2.69. The summed E-state index contributed by atoms with van der Waals surface area (Å²) in [7, 11) is 0. The van der Waals surface area contributed by atoms with Crippen LogP contribution in [-0.2, 0) is 0 Å². The van der Waals surface area contributed by atoms with E-state index in [0.29, 0.717) is 5.92 Å². The molecular weight excluding hydrogens is 319 g/mol. The van der Waals surface area contributed by atoms with Crippen LogP contribution >= 0.6 is 0 Å². The molecule has 0 atom stereocenters. The Morgan fingerprint density at radius 1 is 0.808 bits per heavy atom. The van der Waals surface area contributed by atoms with Crippen molar-refractivity contribution in [2.45, 2.75) is 89.9 Å². The molecule has 1 heteroatoms. The highest BCUT2D eigenvalue weighted by Gasteiger charge is 2.22. The lowest BCUT2D eigenvalue weighted by Crippen LogP contribution is -2.14. The predicted molar refractivity (Wildman–Crippen MR) is 110 cm³/mol. The third-order valence-electron chi connectivity index (χ3n) is 6.88. The quantitative estimate of drug-likeness (QED) is 0.342. The molecule has 2 saturated carbocycles. The van der Waals surface area contributed by atoms with Gasteiger partial charge in [0.1, 0.15) is 5.82 Å². The monoisotopic (exact) mass is 356 g/mol. The summed E-state index contributed by atoms with van der Waals surface area (Å²) in [4.78, 5) is 0. The normalized spacial score (nSPS) is 29.9. The Balaban J connectivity index is 1.36. The molecule has 144 valence electrons. The third-order valence-corrected chi connectivity index (χ3v) is 6.88. The van der Waals surface area contributed by atoms with Crippen LogP contribution in [0.3, 0.4) is 0 Å². The van der Waals surface area contributed by atoms with Gasteiger partial charge in [-0.2, -0.15) is 0 Å². The van der Waals surface area contributed by atoms with Gasteiger partial charge in [0.2, 0.25) is 0 Å². The first-order valence-corrected chi connectivity index (χ1v) is 11.2. The molecule has 1 aromatic rings. The van der Waals surface area contributed by atoms with Gasteiger partial charge in [-0.1, -0.05) is 56.9 Å². The lowest BCUT2D eigenvalue weighted by Gasteiger charge is -2.29. The molecule has 0 heterocycles. The summed E-state index contributed by atoms with van der Waals surface area (Å²) in [5, 5.41) is 0. The molecule has 2 aliphatic carbocycles. The highest BCUT2D eigenvalue weighted by atomic mass is 19.1. The molecule has 0 N–H and O–H groups in total. The Morgan fingerprint density at radius 3 is 1.96 bits per heavy atom. The smallest absolute Gasteiger partial charge is 0.123 e. The fourth-order valence-corrected chi connectivity index (χ4v) is 5.05. The molecule has 1 aromatic carbocycles. The molecule has 0 amide bonds. The summed E-state index contributed by atoms with van der Waals surface area (Å²) in [5.74, 6) is 3.14. The summed E-state index contributed by atoms with van der Waals surface area (Å²) in [6.45, 7) is 2.30. The van der Waals surface area contributed by atoms with Gasteiger partial charge >= 0.3 is 0 Å². The van der Waals surface area contributed by atoms with Gasteiger partial charge in [0, 0.05) is 0 Å². The van der Waals surface area contributed by atoms with Gasteiger partial charge in [0.05, 0.1) is 0 Å². The van der Waals surface area contributed by atoms with Gasteiger partial charge in [-0.3, -0.25) is 0 Å². The van der Waals surface area contributed by atoms with Crippen molar-refractivity contribution in [3.8, 4) is 0 Å². The molecule has 0 aromatic heterocycles. The largest absolute Gasteiger partial charge is 0.207 e. The van der Waals surface area contributed by atoms with Gasteiger partial charge < -0.3 is 0 Å². The fraction of sp³-hybridized carbons (Fsp3) is 0.680. The van der Waals surface area contributed by atoms with Gasteiger partial charge in [0.15, 0.2) is 0 Å². The molecule has 3 rings (SSSR count). The SMILES string of the molecule is CCCCC[C@H]1CC[C@H](/C=C/[C@H]2CC[C@H](c3ccc(F)cc3)CC2)CC1. The van der Waals surface area contributed by atoms with E-state index in [2.05, 4.69) is 19.1 Å². The van der Waals surface area contributed by atoms with Crippen molar-refractivity contribution >= 4 is 0 Å². The number of halogens is 1. The summed E-state index contributed by atoms with van der Waals surface area (Å²) in [6, 6.07) is 7.18. The summed E-state index contributed by atoms with van der Waals surface area (Å²) in [5.41, 5.74) is 1.33. The van der Waals surface area contributed by atoms with Gasteiger partial charge in [0.25, 0.3) is 0 Å². The number of hydrogen-bond acceptors (Lipinski definition) is 0. The molecule has 0 saturated heterocycles. The van der Waals surface area contributed by atoms with Crippen molar-refractivity contribution in [2.75, 3.05) is 0 Å². The Bertz CT molecular complexity index is 528. The number of unbranched alkanes of at least 4 members (excludes halogenated alkanes) is 2.